The van der Waals surface area contributed by atoms with E-state index < -0.39 is 0 Å². The Bertz CT molecular complexity index is 1100. The van der Waals surface area contributed by atoms with Crippen molar-refractivity contribution in [2.75, 3.05) is 40.4 Å². The second kappa shape index (κ2) is 11.4. The fourth-order valence-corrected chi connectivity index (χ4v) is 5.19. The first-order chi connectivity index (χ1) is 16.7. The Balaban J connectivity index is 1.62. The molecular formula is C28H37N3O3. The molecule has 2 aromatic carbocycles. The van der Waals surface area contributed by atoms with E-state index in [9.17, 15) is 4.79 Å². The summed E-state index contributed by atoms with van der Waals surface area (Å²) in [5.41, 5.74) is 4.46. The third-order valence-electron chi connectivity index (χ3n) is 6.99. The van der Waals surface area contributed by atoms with Gasteiger partial charge in [0.25, 0.3) is 0 Å². The molecule has 0 radical (unpaired) electrons. The van der Waals surface area contributed by atoms with Crippen LogP contribution >= 0.6 is 0 Å². The fourth-order valence-electron chi connectivity index (χ4n) is 5.19. The molecule has 0 aliphatic carbocycles. The van der Waals surface area contributed by atoms with Crippen LogP contribution in [-0.2, 0) is 11.2 Å². The summed E-state index contributed by atoms with van der Waals surface area (Å²) in [6.07, 6.45) is 7.16. The highest BCUT2D eigenvalue weighted by molar-refractivity contribution is 5.88. The van der Waals surface area contributed by atoms with E-state index in [1.54, 1.807) is 14.2 Å². The first-order valence-electron chi connectivity index (χ1n) is 12.4. The molecule has 4 rings (SSSR count). The third-order valence-corrected chi connectivity index (χ3v) is 6.99. The van der Waals surface area contributed by atoms with Gasteiger partial charge in [0.1, 0.15) is 0 Å². The van der Waals surface area contributed by atoms with Gasteiger partial charge in [0, 0.05) is 48.1 Å². The van der Waals surface area contributed by atoms with Gasteiger partial charge in [-0.3, -0.25) is 4.79 Å². The van der Waals surface area contributed by atoms with Crippen molar-refractivity contribution in [3.63, 3.8) is 0 Å². The number of para-hydroxylation sites is 2. The molecule has 6 heteroatoms. The molecule has 1 unspecified atom stereocenters. The van der Waals surface area contributed by atoms with Crippen molar-refractivity contribution in [2.45, 2.75) is 44.9 Å². The maximum Gasteiger partial charge on any atom is 0.220 e. The van der Waals surface area contributed by atoms with Crippen LogP contribution in [0, 0.1) is 0 Å². The van der Waals surface area contributed by atoms with Crippen LogP contribution in [0.25, 0.3) is 10.9 Å². The topological polar surface area (TPSA) is 66.6 Å². The number of hydrogen-bond donors (Lipinski definition) is 2. The number of nitrogens with zero attached hydrogens (tertiary/aromatic N) is 1. The number of aromatic nitrogens is 1. The Morgan fingerprint density at radius 1 is 1.06 bits per heavy atom. The zero-order valence-corrected chi connectivity index (χ0v) is 20.7. The van der Waals surface area contributed by atoms with Crippen molar-refractivity contribution in [3.8, 4) is 11.5 Å². The normalized spacial score (nSPS) is 15.3. The predicted octanol–water partition coefficient (Wildman–Crippen LogP) is 4.87. The molecule has 6 nitrogen and oxygen atoms in total. The Hall–Kier alpha value is -2.99. The summed E-state index contributed by atoms with van der Waals surface area (Å²) in [7, 11) is 3.30. The molecule has 1 atom stereocenters. The number of likely N-dealkylation sites (tertiary alicyclic amines) is 1. The molecule has 3 aromatic rings. The standard InChI is InChI=1S/C28H37N3O3/c1-4-20-10-8-11-21-24(19-30-27(20)21)23(22-12-9-13-25(33-2)28(22)34-3)18-26(32)29-14-17-31-15-6-5-7-16-31/h8-13,19,23,30H,4-7,14-18H2,1-3H3,(H,29,32). The first kappa shape index (κ1) is 24.1. The van der Waals surface area contributed by atoms with Gasteiger partial charge in [0.2, 0.25) is 5.91 Å². The summed E-state index contributed by atoms with van der Waals surface area (Å²) in [5.74, 6) is 1.23. The summed E-state index contributed by atoms with van der Waals surface area (Å²) < 4.78 is 11.3. The van der Waals surface area contributed by atoms with Gasteiger partial charge in [-0.15, -0.1) is 0 Å². The highest BCUT2D eigenvalue weighted by Crippen LogP contribution is 2.42. The number of carbonyl (C=O) groups excluding carboxylic acids is 1. The van der Waals surface area contributed by atoms with E-state index in [1.165, 1.54) is 24.8 Å². The van der Waals surface area contributed by atoms with Crippen molar-refractivity contribution in [1.82, 2.24) is 15.2 Å². The number of carbonyl (C=O) groups is 1. The molecule has 2 N–H and O–H groups in total. The van der Waals surface area contributed by atoms with E-state index in [-0.39, 0.29) is 11.8 Å². The minimum Gasteiger partial charge on any atom is -0.493 e. The summed E-state index contributed by atoms with van der Waals surface area (Å²) in [6.45, 7) is 6.01. The number of hydrogen-bond acceptors (Lipinski definition) is 4. The number of nitrogens with one attached hydrogen (secondary N) is 2. The number of methoxy groups -OCH3 is 2. The maximum atomic E-state index is 13.2. The molecular weight excluding hydrogens is 426 g/mol. The van der Waals surface area contributed by atoms with Crippen LogP contribution in [-0.4, -0.2) is 56.2 Å². The molecule has 182 valence electrons. The van der Waals surface area contributed by atoms with E-state index >= 15 is 0 Å². The number of H-pyrrole nitrogens is 1. The monoisotopic (exact) mass is 463 g/mol. The summed E-state index contributed by atoms with van der Waals surface area (Å²) >= 11 is 0. The first-order valence-corrected chi connectivity index (χ1v) is 12.4. The van der Waals surface area contributed by atoms with E-state index in [0.717, 1.165) is 48.1 Å². The quantitative estimate of drug-likeness (QED) is 0.450. The van der Waals surface area contributed by atoms with Crippen LogP contribution in [0.5, 0.6) is 11.5 Å². The number of ether oxygens (including phenoxy) is 2. The zero-order chi connectivity index (χ0) is 23.9. The van der Waals surface area contributed by atoms with Gasteiger partial charge in [-0.2, -0.15) is 0 Å². The van der Waals surface area contributed by atoms with Gasteiger partial charge >= 0.3 is 0 Å². The molecule has 1 aliphatic rings. The maximum absolute atomic E-state index is 13.2. The molecule has 2 heterocycles. The largest absolute Gasteiger partial charge is 0.493 e. The minimum absolute atomic E-state index is 0.0490. The van der Waals surface area contributed by atoms with E-state index in [1.807, 2.05) is 18.2 Å². The number of benzene rings is 2. The van der Waals surface area contributed by atoms with Crippen molar-refractivity contribution in [3.05, 3.63) is 59.3 Å². The van der Waals surface area contributed by atoms with Crippen LogP contribution in [0.3, 0.4) is 0 Å². The summed E-state index contributed by atoms with van der Waals surface area (Å²) in [6, 6.07) is 12.3. The van der Waals surface area contributed by atoms with E-state index in [0.29, 0.717) is 24.5 Å². The van der Waals surface area contributed by atoms with E-state index in [4.69, 9.17) is 9.47 Å². The lowest BCUT2D eigenvalue weighted by atomic mass is 9.86. The Morgan fingerprint density at radius 3 is 2.59 bits per heavy atom. The number of aromatic amines is 1. The SMILES string of the molecule is CCc1cccc2c(C(CC(=O)NCCN3CCCCC3)c3cccc(OC)c3OC)c[nH]c12. The lowest BCUT2D eigenvalue weighted by molar-refractivity contribution is -0.121. The zero-order valence-electron chi connectivity index (χ0n) is 20.7. The molecule has 1 amide bonds. The molecule has 0 bridgehead atoms. The minimum atomic E-state index is -0.166. The second-order valence-corrected chi connectivity index (χ2v) is 9.03. The number of amides is 1. The van der Waals surface area contributed by atoms with Gasteiger partial charge < -0.3 is 24.7 Å². The van der Waals surface area contributed by atoms with Crippen molar-refractivity contribution < 1.29 is 14.3 Å². The molecule has 0 spiro atoms. The van der Waals surface area contributed by atoms with Gasteiger partial charge in [-0.05, 0) is 49.5 Å². The number of rotatable bonds is 10. The molecule has 0 saturated carbocycles. The van der Waals surface area contributed by atoms with Crippen LogP contribution in [0.1, 0.15) is 55.2 Å². The number of piperidine rings is 1. The lowest BCUT2D eigenvalue weighted by Crippen LogP contribution is -2.38. The van der Waals surface area contributed by atoms with Gasteiger partial charge in [-0.1, -0.05) is 43.7 Å². The van der Waals surface area contributed by atoms with Crippen molar-refractivity contribution in [1.29, 1.82) is 0 Å². The van der Waals surface area contributed by atoms with Crippen LogP contribution in [0.2, 0.25) is 0 Å². The Labute approximate surface area is 202 Å². The van der Waals surface area contributed by atoms with Crippen LogP contribution in [0.4, 0.5) is 0 Å². The third kappa shape index (κ3) is 5.22. The molecule has 1 fully saturated rings. The Kier molecular flexibility index (Phi) is 8.12. The molecule has 34 heavy (non-hydrogen) atoms. The average molecular weight is 464 g/mol. The van der Waals surface area contributed by atoms with Gasteiger partial charge in [0.15, 0.2) is 11.5 Å². The second-order valence-electron chi connectivity index (χ2n) is 9.03. The van der Waals surface area contributed by atoms with Crippen molar-refractivity contribution >= 4 is 16.8 Å². The molecule has 1 saturated heterocycles. The van der Waals surface area contributed by atoms with Crippen molar-refractivity contribution in [2.24, 2.45) is 0 Å². The predicted molar refractivity (Wildman–Crippen MR) is 137 cm³/mol. The van der Waals surface area contributed by atoms with Crippen LogP contribution < -0.4 is 14.8 Å². The molecule has 1 aromatic heterocycles. The summed E-state index contributed by atoms with van der Waals surface area (Å²) in [4.78, 5) is 19.1. The highest BCUT2D eigenvalue weighted by Gasteiger charge is 2.26. The number of fused-ring (bicyclic) bond motifs is 1. The van der Waals surface area contributed by atoms with E-state index in [2.05, 4.69) is 46.5 Å². The average Bonchev–Trinajstić information content (AvgIpc) is 3.31. The molecule has 1 aliphatic heterocycles. The van der Waals surface area contributed by atoms with Gasteiger partial charge in [0.05, 0.1) is 14.2 Å². The van der Waals surface area contributed by atoms with Gasteiger partial charge in [-0.25, -0.2) is 0 Å². The smallest absolute Gasteiger partial charge is 0.220 e. The Morgan fingerprint density at radius 2 is 1.85 bits per heavy atom. The number of aryl methyl sites for hydroxylation is 1. The summed E-state index contributed by atoms with van der Waals surface area (Å²) in [5, 5.41) is 4.31. The highest BCUT2D eigenvalue weighted by atomic mass is 16.5. The lowest BCUT2D eigenvalue weighted by Gasteiger charge is -2.26. The fraction of sp³-hybridized carbons (Fsp3) is 0.464. The van der Waals surface area contributed by atoms with Crippen LogP contribution in [0.15, 0.2) is 42.6 Å².